The molecule has 1 fully saturated rings. The summed E-state index contributed by atoms with van der Waals surface area (Å²) in [6.45, 7) is 6.55. The van der Waals surface area contributed by atoms with Crippen LogP contribution in [0.3, 0.4) is 0 Å². The Labute approximate surface area is 173 Å². The van der Waals surface area contributed by atoms with Crippen molar-refractivity contribution in [1.82, 2.24) is 4.90 Å². The lowest BCUT2D eigenvalue weighted by Gasteiger charge is -2.36. The zero-order valence-corrected chi connectivity index (χ0v) is 16.8. The maximum absolute atomic E-state index is 12.7. The Morgan fingerprint density at radius 3 is 2.50 bits per heavy atom. The van der Waals surface area contributed by atoms with Crippen molar-refractivity contribution >= 4 is 46.2 Å². The van der Waals surface area contributed by atoms with E-state index < -0.39 is 10.8 Å². The van der Waals surface area contributed by atoms with Gasteiger partial charge in [0.15, 0.2) is 0 Å². The number of likely N-dealkylation sites (N-methyl/N-ethyl adjacent to an activating group) is 1. The minimum Gasteiger partial charge on any atom is -0.366 e. The monoisotopic (exact) mass is 422 g/mol. The molecule has 1 N–H and O–H groups in total. The molecule has 9 heteroatoms. The number of carbonyl (C=O) groups excluding carboxylic acids is 1. The summed E-state index contributed by atoms with van der Waals surface area (Å²) in [5, 5.41) is 14.4. The maximum atomic E-state index is 12.7. The largest absolute Gasteiger partial charge is 0.366 e. The number of halogens is 2. The second kappa shape index (κ2) is 8.77. The molecule has 0 aromatic heterocycles. The number of rotatable bonds is 5. The first-order valence-electron chi connectivity index (χ1n) is 8.91. The number of para-hydroxylation sites is 1. The van der Waals surface area contributed by atoms with Gasteiger partial charge in [0, 0.05) is 37.8 Å². The van der Waals surface area contributed by atoms with Gasteiger partial charge >= 0.3 is 0 Å². The van der Waals surface area contributed by atoms with Gasteiger partial charge in [-0.1, -0.05) is 36.2 Å². The minimum atomic E-state index is -0.614. The molecule has 3 rings (SSSR count). The summed E-state index contributed by atoms with van der Waals surface area (Å²) < 4.78 is 0. The summed E-state index contributed by atoms with van der Waals surface area (Å²) in [7, 11) is 0. The highest BCUT2D eigenvalue weighted by atomic mass is 35.5. The normalized spacial score (nSPS) is 14.8. The van der Waals surface area contributed by atoms with Crippen molar-refractivity contribution in [3.8, 4) is 0 Å². The third-order valence-electron chi connectivity index (χ3n) is 4.78. The molecular formula is C19H20Cl2N4O3. The second-order valence-electron chi connectivity index (χ2n) is 6.43. The summed E-state index contributed by atoms with van der Waals surface area (Å²) in [5.74, 6) is -0.463. The van der Waals surface area contributed by atoms with E-state index in [1.165, 1.54) is 18.2 Å². The van der Waals surface area contributed by atoms with Crippen molar-refractivity contribution < 1.29 is 9.72 Å². The number of hydrogen-bond acceptors (Lipinski definition) is 5. The molecule has 0 bridgehead atoms. The van der Waals surface area contributed by atoms with Crippen molar-refractivity contribution in [3.05, 3.63) is 62.1 Å². The van der Waals surface area contributed by atoms with Crippen molar-refractivity contribution in [1.29, 1.82) is 0 Å². The number of nitro groups is 1. The van der Waals surface area contributed by atoms with Crippen molar-refractivity contribution in [3.63, 3.8) is 0 Å². The lowest BCUT2D eigenvalue weighted by Crippen LogP contribution is -2.46. The highest BCUT2D eigenvalue weighted by Crippen LogP contribution is 2.35. The van der Waals surface area contributed by atoms with Gasteiger partial charge in [0.25, 0.3) is 11.6 Å². The molecule has 0 unspecified atom stereocenters. The maximum Gasteiger partial charge on any atom is 0.288 e. The Morgan fingerprint density at radius 1 is 1.14 bits per heavy atom. The second-order valence-corrected chi connectivity index (χ2v) is 7.25. The Bertz CT molecular complexity index is 899. The average Bonchev–Trinajstić information content (AvgIpc) is 2.68. The number of carbonyl (C=O) groups is 1. The predicted octanol–water partition coefficient (Wildman–Crippen LogP) is 4.30. The van der Waals surface area contributed by atoms with E-state index in [9.17, 15) is 14.9 Å². The number of hydrogen-bond donors (Lipinski definition) is 1. The van der Waals surface area contributed by atoms with E-state index in [4.69, 9.17) is 23.2 Å². The highest BCUT2D eigenvalue weighted by molar-refractivity contribution is 6.34. The molecule has 7 nitrogen and oxygen atoms in total. The Kier molecular flexibility index (Phi) is 6.39. The zero-order chi connectivity index (χ0) is 20.3. The van der Waals surface area contributed by atoms with E-state index in [2.05, 4.69) is 22.0 Å². The van der Waals surface area contributed by atoms with E-state index in [1.807, 2.05) is 0 Å². The van der Waals surface area contributed by atoms with Crippen LogP contribution < -0.4 is 10.2 Å². The molecule has 1 saturated heterocycles. The zero-order valence-electron chi connectivity index (χ0n) is 15.3. The molecule has 148 valence electrons. The van der Waals surface area contributed by atoms with Crippen LogP contribution in [0.5, 0.6) is 0 Å². The molecule has 1 heterocycles. The van der Waals surface area contributed by atoms with E-state index >= 15 is 0 Å². The van der Waals surface area contributed by atoms with Crippen LogP contribution in [-0.4, -0.2) is 48.5 Å². The summed E-state index contributed by atoms with van der Waals surface area (Å²) >= 11 is 12.3. The topological polar surface area (TPSA) is 78.7 Å². The fourth-order valence-corrected chi connectivity index (χ4v) is 3.69. The third-order valence-corrected chi connectivity index (χ3v) is 5.40. The Morgan fingerprint density at radius 2 is 1.86 bits per heavy atom. The number of amides is 1. The lowest BCUT2D eigenvalue weighted by molar-refractivity contribution is -0.384. The van der Waals surface area contributed by atoms with Crippen LogP contribution in [0, 0.1) is 10.1 Å². The number of nitrogens with zero attached hydrogens (tertiary/aromatic N) is 3. The third kappa shape index (κ3) is 4.38. The quantitative estimate of drug-likeness (QED) is 0.573. The average molecular weight is 423 g/mol. The molecule has 0 atom stereocenters. The summed E-state index contributed by atoms with van der Waals surface area (Å²) in [6.07, 6.45) is 0. The first-order chi connectivity index (χ1) is 13.4. The molecule has 2 aromatic rings. The molecule has 0 radical (unpaired) electrons. The van der Waals surface area contributed by atoms with Gasteiger partial charge < -0.3 is 15.1 Å². The fourth-order valence-electron chi connectivity index (χ4n) is 3.21. The van der Waals surface area contributed by atoms with Crippen molar-refractivity contribution in [2.45, 2.75) is 6.92 Å². The highest BCUT2D eigenvalue weighted by Gasteiger charge is 2.22. The van der Waals surface area contributed by atoms with Gasteiger partial charge in [-0.15, -0.1) is 0 Å². The SMILES string of the molecule is CCN1CCN(c2c(Cl)cccc2NC(=O)c2ccc(Cl)c([N+](=O)[O-])c2)CC1. The minimum absolute atomic E-state index is 0.0150. The number of piperazine rings is 1. The predicted molar refractivity (Wildman–Crippen MR) is 112 cm³/mol. The summed E-state index contributed by atoms with van der Waals surface area (Å²) in [4.78, 5) is 27.7. The molecule has 0 aliphatic carbocycles. The van der Waals surface area contributed by atoms with Crippen LogP contribution in [0.15, 0.2) is 36.4 Å². The van der Waals surface area contributed by atoms with Gasteiger partial charge in [-0.2, -0.15) is 0 Å². The van der Waals surface area contributed by atoms with Gasteiger partial charge in [-0.25, -0.2) is 0 Å². The first kappa shape index (κ1) is 20.4. The summed E-state index contributed by atoms with van der Waals surface area (Å²) in [5.41, 5.74) is 1.17. The van der Waals surface area contributed by atoms with Gasteiger partial charge in [0.1, 0.15) is 5.02 Å². The van der Waals surface area contributed by atoms with Crippen LogP contribution in [0.2, 0.25) is 10.0 Å². The number of anilines is 2. The number of nitro benzene ring substituents is 1. The van der Waals surface area contributed by atoms with Gasteiger partial charge in [0.05, 0.1) is 21.3 Å². The standard InChI is InChI=1S/C19H20Cl2N4O3/c1-2-23-8-10-24(11-9-23)18-15(21)4-3-5-16(18)22-19(26)13-6-7-14(20)17(12-13)25(27)28/h3-7,12H,2,8-11H2,1H3,(H,22,26). The smallest absolute Gasteiger partial charge is 0.288 e. The van der Waals surface area contributed by atoms with Crippen molar-refractivity contribution in [2.75, 3.05) is 42.9 Å². The van der Waals surface area contributed by atoms with Crippen LogP contribution in [0.4, 0.5) is 17.1 Å². The first-order valence-corrected chi connectivity index (χ1v) is 9.67. The van der Waals surface area contributed by atoms with Crippen LogP contribution >= 0.6 is 23.2 Å². The van der Waals surface area contributed by atoms with Gasteiger partial charge in [0.2, 0.25) is 0 Å². The molecule has 0 saturated carbocycles. The molecule has 2 aromatic carbocycles. The van der Waals surface area contributed by atoms with Crippen LogP contribution in [0.1, 0.15) is 17.3 Å². The molecule has 28 heavy (non-hydrogen) atoms. The fraction of sp³-hybridized carbons (Fsp3) is 0.316. The van der Waals surface area contributed by atoms with E-state index in [0.29, 0.717) is 10.7 Å². The number of benzene rings is 2. The summed E-state index contributed by atoms with van der Waals surface area (Å²) in [6, 6.07) is 9.28. The van der Waals surface area contributed by atoms with E-state index in [1.54, 1.807) is 18.2 Å². The Balaban J connectivity index is 1.85. The van der Waals surface area contributed by atoms with Crippen LogP contribution in [0.25, 0.3) is 0 Å². The van der Waals surface area contributed by atoms with E-state index in [-0.39, 0.29) is 16.3 Å². The Hall–Kier alpha value is -2.35. The van der Waals surface area contributed by atoms with E-state index in [0.717, 1.165) is 38.4 Å². The molecule has 1 aliphatic rings. The van der Waals surface area contributed by atoms with Crippen LogP contribution in [-0.2, 0) is 0 Å². The lowest BCUT2D eigenvalue weighted by atomic mass is 10.1. The van der Waals surface area contributed by atoms with Gasteiger partial charge in [-0.05, 0) is 30.8 Å². The number of nitrogens with one attached hydrogen (secondary N) is 1. The van der Waals surface area contributed by atoms with Crippen molar-refractivity contribution in [2.24, 2.45) is 0 Å². The molecule has 0 spiro atoms. The molecule has 1 amide bonds. The molecule has 1 aliphatic heterocycles. The van der Waals surface area contributed by atoms with Gasteiger partial charge in [-0.3, -0.25) is 14.9 Å². The molecular weight excluding hydrogens is 403 g/mol.